The van der Waals surface area contributed by atoms with E-state index in [4.69, 9.17) is 0 Å². The lowest BCUT2D eigenvalue weighted by Gasteiger charge is -2.37. The van der Waals surface area contributed by atoms with Crippen molar-refractivity contribution in [2.24, 2.45) is 23.7 Å². The van der Waals surface area contributed by atoms with Gasteiger partial charge in [-0.3, -0.25) is 0 Å². The molecule has 0 unspecified atom stereocenters. The Bertz CT molecular complexity index is 242. The van der Waals surface area contributed by atoms with Crippen LogP contribution in [-0.4, -0.2) is 0 Å². The van der Waals surface area contributed by atoms with Crippen molar-refractivity contribution in [1.82, 2.24) is 0 Å². The Morgan fingerprint density at radius 1 is 0.889 bits per heavy atom. The number of allylic oxidation sites excluding steroid dienone is 1. The molecule has 104 valence electrons. The van der Waals surface area contributed by atoms with E-state index in [1.807, 2.05) is 0 Å². The smallest absolute Gasteiger partial charge is 0.0829 e. The maximum absolute atomic E-state index is 12.2. The van der Waals surface area contributed by atoms with Crippen molar-refractivity contribution < 1.29 is 4.39 Å². The van der Waals surface area contributed by atoms with Crippen molar-refractivity contribution in [1.29, 1.82) is 0 Å². The fraction of sp³-hybridized carbons (Fsp3) is 0.882. The largest absolute Gasteiger partial charge is 0.216 e. The minimum Gasteiger partial charge on any atom is -0.216 e. The van der Waals surface area contributed by atoms with Crippen molar-refractivity contribution >= 4 is 0 Å². The molecule has 2 fully saturated rings. The van der Waals surface area contributed by atoms with Crippen LogP contribution in [0.3, 0.4) is 0 Å². The number of hydrogen-bond donors (Lipinski definition) is 0. The van der Waals surface area contributed by atoms with E-state index in [0.29, 0.717) is 5.92 Å². The summed E-state index contributed by atoms with van der Waals surface area (Å²) < 4.78 is 12.2. The fourth-order valence-corrected chi connectivity index (χ4v) is 4.27. The molecule has 0 aromatic rings. The molecule has 2 rings (SSSR count). The van der Waals surface area contributed by atoms with Crippen molar-refractivity contribution in [3.63, 3.8) is 0 Å². The predicted octanol–water partition coefficient (Wildman–Crippen LogP) is 5.88. The summed E-state index contributed by atoms with van der Waals surface area (Å²) in [5.41, 5.74) is 0. The Balaban J connectivity index is 1.71. The van der Waals surface area contributed by atoms with Crippen LogP contribution in [0.15, 0.2) is 12.4 Å². The van der Waals surface area contributed by atoms with E-state index in [1.165, 1.54) is 64.2 Å². The quantitative estimate of drug-likeness (QED) is 0.586. The normalized spacial score (nSPS) is 38.1. The molecule has 0 aromatic carbocycles. The van der Waals surface area contributed by atoms with Gasteiger partial charge in [0.25, 0.3) is 0 Å². The second-order valence-corrected chi connectivity index (χ2v) is 6.56. The van der Waals surface area contributed by atoms with E-state index in [9.17, 15) is 4.39 Å². The van der Waals surface area contributed by atoms with E-state index in [-0.39, 0.29) is 0 Å². The molecule has 0 aromatic heterocycles. The van der Waals surface area contributed by atoms with Crippen LogP contribution < -0.4 is 0 Å². The van der Waals surface area contributed by atoms with Gasteiger partial charge in [0.2, 0.25) is 0 Å². The zero-order chi connectivity index (χ0) is 12.8. The highest BCUT2D eigenvalue weighted by molar-refractivity contribution is 4.89. The summed E-state index contributed by atoms with van der Waals surface area (Å²) >= 11 is 0. The van der Waals surface area contributed by atoms with Crippen LogP contribution in [0, 0.1) is 23.7 Å². The van der Waals surface area contributed by atoms with Crippen LogP contribution in [-0.2, 0) is 0 Å². The fourth-order valence-electron chi connectivity index (χ4n) is 4.27. The van der Waals surface area contributed by atoms with Crippen molar-refractivity contribution in [3.05, 3.63) is 12.4 Å². The van der Waals surface area contributed by atoms with E-state index in [2.05, 4.69) is 6.92 Å². The lowest BCUT2D eigenvalue weighted by atomic mass is 9.69. The van der Waals surface area contributed by atoms with E-state index >= 15 is 0 Å². The summed E-state index contributed by atoms with van der Waals surface area (Å²) in [6.07, 6.45) is 16.4. The number of halogens is 1. The van der Waals surface area contributed by atoms with Gasteiger partial charge in [-0.1, -0.05) is 38.7 Å². The molecular weight excluding hydrogens is 223 g/mol. The van der Waals surface area contributed by atoms with Gasteiger partial charge in [0.1, 0.15) is 0 Å². The molecule has 1 heteroatoms. The van der Waals surface area contributed by atoms with Gasteiger partial charge < -0.3 is 0 Å². The first-order valence-electron chi connectivity index (χ1n) is 8.10. The molecule has 0 nitrogen and oxygen atoms in total. The van der Waals surface area contributed by atoms with E-state index in [0.717, 1.165) is 24.1 Å². The van der Waals surface area contributed by atoms with Gasteiger partial charge in [-0.25, -0.2) is 4.39 Å². The Morgan fingerprint density at radius 3 is 1.94 bits per heavy atom. The Labute approximate surface area is 112 Å². The van der Waals surface area contributed by atoms with Gasteiger partial charge in [0, 0.05) is 0 Å². The highest BCUT2D eigenvalue weighted by atomic mass is 19.1. The summed E-state index contributed by atoms with van der Waals surface area (Å²) in [5.74, 6) is 3.50. The summed E-state index contributed by atoms with van der Waals surface area (Å²) in [6.45, 7) is 2.31. The minimum absolute atomic E-state index is 0.530. The van der Waals surface area contributed by atoms with Crippen LogP contribution >= 0.6 is 0 Å². The molecular formula is C17H29F. The first-order valence-corrected chi connectivity index (χ1v) is 8.10. The summed E-state index contributed by atoms with van der Waals surface area (Å²) in [5, 5.41) is 0. The molecule has 18 heavy (non-hydrogen) atoms. The standard InChI is InChI=1S/C17H29F/c1-2-3-14-4-8-16(9-5-14)17-10-6-15(7-11-17)12-13-18/h12-17H,2-11H2,1H3/t14-,15-,16-,17-. The van der Waals surface area contributed by atoms with Crippen molar-refractivity contribution in [2.75, 3.05) is 0 Å². The predicted molar refractivity (Wildman–Crippen MR) is 76.1 cm³/mol. The van der Waals surface area contributed by atoms with Gasteiger partial charge in [-0.05, 0) is 62.2 Å². The van der Waals surface area contributed by atoms with Crippen molar-refractivity contribution in [3.8, 4) is 0 Å². The Hall–Kier alpha value is -0.330. The third-order valence-corrected chi connectivity index (χ3v) is 5.42. The van der Waals surface area contributed by atoms with E-state index < -0.39 is 0 Å². The van der Waals surface area contributed by atoms with Gasteiger partial charge >= 0.3 is 0 Å². The molecule has 0 spiro atoms. The molecule has 0 heterocycles. The van der Waals surface area contributed by atoms with Gasteiger partial charge in [-0.15, -0.1) is 0 Å². The lowest BCUT2D eigenvalue weighted by molar-refractivity contribution is 0.152. The Morgan fingerprint density at radius 2 is 1.44 bits per heavy atom. The van der Waals surface area contributed by atoms with E-state index in [1.54, 1.807) is 6.08 Å². The monoisotopic (exact) mass is 252 g/mol. The first-order chi connectivity index (χ1) is 8.83. The third-order valence-electron chi connectivity index (χ3n) is 5.42. The summed E-state index contributed by atoms with van der Waals surface area (Å²) in [6, 6.07) is 0. The number of hydrogen-bond acceptors (Lipinski definition) is 0. The van der Waals surface area contributed by atoms with Crippen LogP contribution in [0.4, 0.5) is 4.39 Å². The van der Waals surface area contributed by atoms with Gasteiger partial charge in [-0.2, -0.15) is 0 Å². The second kappa shape index (κ2) is 7.31. The molecule has 2 saturated carbocycles. The molecule has 0 saturated heterocycles. The van der Waals surface area contributed by atoms with Crippen LogP contribution in [0.5, 0.6) is 0 Å². The molecule has 2 aliphatic rings. The molecule has 0 N–H and O–H groups in total. The average molecular weight is 252 g/mol. The lowest BCUT2D eigenvalue weighted by Crippen LogP contribution is -2.25. The van der Waals surface area contributed by atoms with Crippen molar-refractivity contribution in [2.45, 2.75) is 71.1 Å². The topological polar surface area (TPSA) is 0 Å². The van der Waals surface area contributed by atoms with Crippen LogP contribution in [0.25, 0.3) is 0 Å². The molecule has 2 aliphatic carbocycles. The Kier molecular flexibility index (Phi) is 5.72. The third kappa shape index (κ3) is 3.83. The molecule has 0 atom stereocenters. The van der Waals surface area contributed by atoms with Gasteiger partial charge in [0.05, 0.1) is 6.33 Å². The first kappa shape index (κ1) is 14.1. The SMILES string of the molecule is CCC[C@H]1CC[C@H]([C@H]2CC[C@H](C=CF)CC2)CC1. The molecule has 0 radical (unpaired) electrons. The average Bonchev–Trinajstić information content (AvgIpc) is 2.41. The maximum atomic E-state index is 12.2. The summed E-state index contributed by atoms with van der Waals surface area (Å²) in [7, 11) is 0. The molecule has 0 amide bonds. The molecule has 0 bridgehead atoms. The minimum atomic E-state index is 0.530. The van der Waals surface area contributed by atoms with Gasteiger partial charge in [0.15, 0.2) is 0 Å². The highest BCUT2D eigenvalue weighted by Gasteiger charge is 2.29. The highest BCUT2D eigenvalue weighted by Crippen LogP contribution is 2.42. The molecule has 0 aliphatic heterocycles. The zero-order valence-electron chi connectivity index (χ0n) is 11.9. The number of rotatable bonds is 4. The maximum Gasteiger partial charge on any atom is 0.0829 e. The van der Waals surface area contributed by atoms with Crippen LogP contribution in [0.1, 0.15) is 71.1 Å². The zero-order valence-corrected chi connectivity index (χ0v) is 11.9. The second-order valence-electron chi connectivity index (χ2n) is 6.56. The summed E-state index contributed by atoms with van der Waals surface area (Å²) in [4.78, 5) is 0. The van der Waals surface area contributed by atoms with Crippen LogP contribution in [0.2, 0.25) is 0 Å².